The van der Waals surface area contributed by atoms with Gasteiger partial charge in [0, 0.05) is 24.3 Å². The Labute approximate surface area is 182 Å². The summed E-state index contributed by atoms with van der Waals surface area (Å²) in [5, 5.41) is 26.3. The second kappa shape index (κ2) is 9.08. The summed E-state index contributed by atoms with van der Waals surface area (Å²) in [7, 11) is 1.76. The normalized spacial score (nSPS) is 19.1. The van der Waals surface area contributed by atoms with Crippen LogP contribution in [0.2, 0.25) is 0 Å². The molecule has 2 aliphatic rings. The van der Waals surface area contributed by atoms with Crippen LogP contribution in [0.4, 0.5) is 10.1 Å². The minimum absolute atomic E-state index is 0.0226. The minimum atomic E-state index is -0.675. The molecule has 0 aromatic heterocycles. The van der Waals surface area contributed by atoms with E-state index >= 15 is 0 Å². The van der Waals surface area contributed by atoms with Crippen LogP contribution in [-0.2, 0) is 0 Å². The molecule has 0 spiro atoms. The number of phenolic OH excluding ortho intramolecular Hbond substituents is 1. The van der Waals surface area contributed by atoms with Crippen LogP contribution in [-0.4, -0.2) is 72.5 Å². The molecule has 2 aromatic rings. The van der Waals surface area contributed by atoms with E-state index in [1.165, 1.54) is 30.8 Å². The SMILES string of the molecule is C[N+]1(O)CCN(/N=C/c2cc(/C=C/c3ccc(N4CCCC4)cc3)cc(F)c2O)CC1. The number of likely N-dealkylation sites (N-methyl/N-ethyl adjacent to an activating group) is 1. The van der Waals surface area contributed by atoms with Gasteiger partial charge in [0.2, 0.25) is 0 Å². The predicted octanol–water partition coefficient (Wildman–Crippen LogP) is 3.79. The van der Waals surface area contributed by atoms with Crippen molar-refractivity contribution in [2.75, 3.05) is 51.2 Å². The molecule has 2 aliphatic heterocycles. The van der Waals surface area contributed by atoms with Gasteiger partial charge in [0.1, 0.15) is 13.1 Å². The zero-order chi connectivity index (χ0) is 21.8. The Morgan fingerprint density at radius 1 is 0.968 bits per heavy atom. The lowest BCUT2D eigenvalue weighted by Crippen LogP contribution is -2.53. The number of hydrogen-bond donors (Lipinski definition) is 2. The number of halogens is 1. The van der Waals surface area contributed by atoms with Crippen LogP contribution >= 0.6 is 0 Å². The fourth-order valence-electron chi connectivity index (χ4n) is 3.95. The fraction of sp³-hybridized carbons (Fsp3) is 0.375. The van der Waals surface area contributed by atoms with E-state index in [-0.39, 0.29) is 4.65 Å². The Bertz CT molecular complexity index is 956. The molecule has 164 valence electrons. The quantitative estimate of drug-likeness (QED) is 0.435. The number of aromatic hydroxyl groups is 1. The Morgan fingerprint density at radius 2 is 1.61 bits per heavy atom. The highest BCUT2D eigenvalue weighted by Crippen LogP contribution is 2.24. The van der Waals surface area contributed by atoms with E-state index in [1.807, 2.05) is 17.2 Å². The number of benzene rings is 2. The summed E-state index contributed by atoms with van der Waals surface area (Å²) in [6, 6.07) is 11.4. The second-order valence-corrected chi connectivity index (χ2v) is 8.54. The van der Waals surface area contributed by atoms with Gasteiger partial charge in [-0.05, 0) is 48.2 Å². The maximum Gasteiger partial charge on any atom is 0.166 e. The molecule has 7 heteroatoms. The van der Waals surface area contributed by atoms with Crippen molar-refractivity contribution in [1.82, 2.24) is 5.01 Å². The van der Waals surface area contributed by atoms with E-state index < -0.39 is 11.6 Å². The number of nitrogens with zero attached hydrogens (tertiary/aromatic N) is 4. The summed E-state index contributed by atoms with van der Waals surface area (Å²) < 4.78 is 14.2. The van der Waals surface area contributed by atoms with E-state index in [2.05, 4.69) is 34.3 Å². The van der Waals surface area contributed by atoms with Crippen LogP contribution in [0.3, 0.4) is 0 Å². The van der Waals surface area contributed by atoms with Crippen molar-refractivity contribution < 1.29 is 19.4 Å². The largest absolute Gasteiger partial charge is 0.504 e. The molecule has 31 heavy (non-hydrogen) atoms. The van der Waals surface area contributed by atoms with Crippen LogP contribution in [0.5, 0.6) is 5.75 Å². The summed E-state index contributed by atoms with van der Waals surface area (Å²) in [4.78, 5) is 2.39. The maximum atomic E-state index is 14.3. The third-order valence-corrected chi connectivity index (χ3v) is 5.99. The Hall–Kier alpha value is -2.90. The summed E-state index contributed by atoms with van der Waals surface area (Å²) >= 11 is 0. The first-order valence-electron chi connectivity index (χ1n) is 10.8. The molecule has 2 saturated heterocycles. The van der Waals surface area contributed by atoms with Crippen LogP contribution in [0.1, 0.15) is 29.5 Å². The second-order valence-electron chi connectivity index (χ2n) is 8.54. The van der Waals surface area contributed by atoms with Gasteiger partial charge in [-0.2, -0.15) is 9.75 Å². The van der Waals surface area contributed by atoms with Crippen molar-refractivity contribution in [2.24, 2.45) is 5.10 Å². The number of piperazine rings is 1. The van der Waals surface area contributed by atoms with Gasteiger partial charge in [-0.3, -0.25) is 5.01 Å². The summed E-state index contributed by atoms with van der Waals surface area (Å²) in [5.74, 6) is -1.08. The lowest BCUT2D eigenvalue weighted by molar-refractivity contribution is -1.09. The molecule has 0 atom stereocenters. The van der Waals surface area contributed by atoms with Gasteiger partial charge in [0.05, 0.1) is 26.4 Å². The van der Waals surface area contributed by atoms with Crippen molar-refractivity contribution in [2.45, 2.75) is 12.8 Å². The van der Waals surface area contributed by atoms with Crippen molar-refractivity contribution in [3.8, 4) is 5.75 Å². The Morgan fingerprint density at radius 3 is 2.29 bits per heavy atom. The molecule has 0 radical (unpaired) electrons. The van der Waals surface area contributed by atoms with Crippen LogP contribution in [0, 0.1) is 5.82 Å². The van der Waals surface area contributed by atoms with E-state index in [0.29, 0.717) is 37.3 Å². The average molecular weight is 426 g/mol. The van der Waals surface area contributed by atoms with Gasteiger partial charge in [-0.25, -0.2) is 9.60 Å². The molecule has 4 rings (SSSR count). The van der Waals surface area contributed by atoms with E-state index in [4.69, 9.17) is 0 Å². The average Bonchev–Trinajstić information content (AvgIpc) is 3.29. The maximum absolute atomic E-state index is 14.3. The first-order chi connectivity index (χ1) is 14.9. The molecule has 0 saturated carbocycles. The zero-order valence-electron chi connectivity index (χ0n) is 17.9. The van der Waals surface area contributed by atoms with Gasteiger partial charge in [0.15, 0.2) is 11.6 Å². The van der Waals surface area contributed by atoms with E-state index in [9.17, 15) is 14.7 Å². The lowest BCUT2D eigenvalue weighted by Gasteiger charge is -2.34. The third kappa shape index (κ3) is 5.42. The van der Waals surface area contributed by atoms with Crippen LogP contribution in [0.25, 0.3) is 12.2 Å². The molecule has 0 unspecified atom stereocenters. The molecule has 2 fully saturated rings. The van der Waals surface area contributed by atoms with E-state index in [0.717, 1.165) is 18.7 Å². The van der Waals surface area contributed by atoms with Crippen molar-refractivity contribution in [1.29, 1.82) is 0 Å². The van der Waals surface area contributed by atoms with Gasteiger partial charge >= 0.3 is 0 Å². The molecule has 0 aliphatic carbocycles. The summed E-state index contributed by atoms with van der Waals surface area (Å²) in [5.41, 5.74) is 3.25. The number of hydroxylamine groups is 3. The first kappa shape index (κ1) is 21.3. The van der Waals surface area contributed by atoms with Gasteiger partial charge < -0.3 is 10.0 Å². The number of hydrazone groups is 1. The number of phenols is 1. The smallest absolute Gasteiger partial charge is 0.166 e. The molecule has 6 nitrogen and oxygen atoms in total. The van der Waals surface area contributed by atoms with Gasteiger partial charge in [-0.1, -0.05) is 24.3 Å². The number of hydrogen-bond acceptors (Lipinski definition) is 5. The standard InChI is InChI=1S/C24H29FN4O2/c1-29(31)14-12-28(13-15-29)26-18-21-16-20(17-23(25)24(21)30)5-4-19-6-8-22(9-7-19)27-10-2-3-11-27/h4-9,16-18,31H,2-3,10-15H2,1H3/p+1/b5-4+. The molecular weight excluding hydrogens is 395 g/mol. The summed E-state index contributed by atoms with van der Waals surface area (Å²) in [6.45, 7) is 4.55. The Kier molecular flexibility index (Phi) is 6.25. The lowest BCUT2D eigenvalue weighted by atomic mass is 10.1. The number of rotatable bonds is 5. The molecule has 0 amide bonds. The van der Waals surface area contributed by atoms with Gasteiger partial charge in [-0.15, -0.1) is 0 Å². The monoisotopic (exact) mass is 425 g/mol. The minimum Gasteiger partial charge on any atom is -0.504 e. The highest BCUT2D eigenvalue weighted by molar-refractivity contribution is 5.85. The predicted molar refractivity (Wildman–Crippen MR) is 122 cm³/mol. The summed E-state index contributed by atoms with van der Waals surface area (Å²) in [6.07, 6.45) is 7.74. The van der Waals surface area contributed by atoms with Crippen LogP contribution < -0.4 is 4.90 Å². The van der Waals surface area contributed by atoms with Crippen molar-refractivity contribution >= 4 is 24.1 Å². The van der Waals surface area contributed by atoms with E-state index in [1.54, 1.807) is 13.1 Å². The molecule has 2 heterocycles. The molecule has 2 aromatic carbocycles. The van der Waals surface area contributed by atoms with Crippen LogP contribution in [0.15, 0.2) is 41.5 Å². The highest BCUT2D eigenvalue weighted by atomic mass is 19.1. The van der Waals surface area contributed by atoms with Crippen molar-refractivity contribution in [3.05, 3.63) is 58.9 Å². The molecule has 2 N–H and O–H groups in total. The third-order valence-electron chi connectivity index (χ3n) is 5.99. The zero-order valence-corrected chi connectivity index (χ0v) is 17.9. The fourth-order valence-corrected chi connectivity index (χ4v) is 3.95. The van der Waals surface area contributed by atoms with Gasteiger partial charge in [0.25, 0.3) is 0 Å². The topological polar surface area (TPSA) is 59.3 Å². The molecule has 0 bridgehead atoms. The van der Waals surface area contributed by atoms with Crippen molar-refractivity contribution in [3.63, 3.8) is 0 Å². The highest BCUT2D eigenvalue weighted by Gasteiger charge is 2.26. The number of quaternary nitrogens is 1. The molecular formula is C24H30FN4O2+. The number of anilines is 1. The Balaban J connectivity index is 1.45. The first-order valence-corrected chi connectivity index (χ1v) is 10.8.